The highest BCUT2D eigenvalue weighted by Gasteiger charge is 2.13. The number of aromatic hydroxyl groups is 1. The van der Waals surface area contributed by atoms with Gasteiger partial charge in [-0.2, -0.15) is 4.98 Å². The van der Waals surface area contributed by atoms with Gasteiger partial charge in [0.05, 0.1) is 24.6 Å². The third kappa shape index (κ3) is 4.72. The van der Waals surface area contributed by atoms with Gasteiger partial charge >= 0.3 is 0 Å². The normalized spacial score (nSPS) is 10.5. The number of ether oxygens (including phenoxy) is 1. The SMILES string of the molecule is COc1ccc(-n2c(SCC(=O)Nc3ccc(C)cc3)nc(O)cc2=O)cc1. The van der Waals surface area contributed by atoms with E-state index in [1.807, 2.05) is 31.2 Å². The van der Waals surface area contributed by atoms with Crippen molar-refractivity contribution >= 4 is 23.4 Å². The molecule has 1 heterocycles. The molecule has 0 aliphatic rings. The highest BCUT2D eigenvalue weighted by Crippen LogP contribution is 2.22. The third-order valence-corrected chi connectivity index (χ3v) is 4.81. The maximum atomic E-state index is 12.4. The van der Waals surface area contributed by atoms with Crippen molar-refractivity contribution in [2.45, 2.75) is 12.1 Å². The first-order valence-corrected chi connectivity index (χ1v) is 9.41. The number of benzene rings is 2. The van der Waals surface area contributed by atoms with Crippen molar-refractivity contribution in [1.29, 1.82) is 0 Å². The van der Waals surface area contributed by atoms with E-state index in [9.17, 15) is 14.7 Å². The average molecular weight is 397 g/mol. The second-order valence-electron chi connectivity index (χ2n) is 5.97. The Morgan fingerprint density at radius 1 is 1.18 bits per heavy atom. The Labute approximate surface area is 166 Å². The van der Waals surface area contributed by atoms with Crippen LogP contribution >= 0.6 is 11.8 Å². The second kappa shape index (κ2) is 8.62. The number of rotatable bonds is 6. The smallest absolute Gasteiger partial charge is 0.262 e. The molecular weight excluding hydrogens is 378 g/mol. The topological polar surface area (TPSA) is 93.4 Å². The van der Waals surface area contributed by atoms with Crippen LogP contribution in [-0.2, 0) is 4.79 Å². The molecule has 0 fully saturated rings. The van der Waals surface area contributed by atoms with Gasteiger partial charge in [0.2, 0.25) is 11.8 Å². The highest BCUT2D eigenvalue weighted by molar-refractivity contribution is 7.99. The molecule has 0 atom stereocenters. The minimum Gasteiger partial charge on any atom is -0.497 e. The number of anilines is 1. The molecule has 0 saturated heterocycles. The Bertz CT molecular complexity index is 1030. The van der Waals surface area contributed by atoms with Gasteiger partial charge in [0.15, 0.2) is 5.16 Å². The zero-order valence-corrected chi connectivity index (χ0v) is 16.2. The Morgan fingerprint density at radius 3 is 2.50 bits per heavy atom. The molecule has 144 valence electrons. The summed E-state index contributed by atoms with van der Waals surface area (Å²) in [6.07, 6.45) is 0. The van der Waals surface area contributed by atoms with Crippen LogP contribution in [0.15, 0.2) is 64.5 Å². The van der Waals surface area contributed by atoms with Crippen LogP contribution in [0.3, 0.4) is 0 Å². The fraction of sp³-hybridized carbons (Fsp3) is 0.150. The number of carbonyl (C=O) groups is 1. The Morgan fingerprint density at radius 2 is 1.86 bits per heavy atom. The van der Waals surface area contributed by atoms with Crippen molar-refractivity contribution in [3.05, 3.63) is 70.5 Å². The monoisotopic (exact) mass is 397 g/mol. The van der Waals surface area contributed by atoms with Crippen molar-refractivity contribution in [3.63, 3.8) is 0 Å². The molecular formula is C20H19N3O4S. The zero-order chi connectivity index (χ0) is 20.1. The predicted octanol–water partition coefficient (Wildman–Crippen LogP) is 2.99. The lowest BCUT2D eigenvalue weighted by atomic mass is 10.2. The molecule has 0 aliphatic carbocycles. The fourth-order valence-electron chi connectivity index (χ4n) is 2.48. The minimum atomic E-state index is -0.445. The van der Waals surface area contributed by atoms with Gasteiger partial charge < -0.3 is 15.2 Å². The van der Waals surface area contributed by atoms with E-state index in [2.05, 4.69) is 10.3 Å². The number of nitrogens with zero attached hydrogens (tertiary/aromatic N) is 2. The number of hydrogen-bond acceptors (Lipinski definition) is 6. The number of thioether (sulfide) groups is 1. The third-order valence-electron chi connectivity index (χ3n) is 3.87. The first-order valence-electron chi connectivity index (χ1n) is 8.43. The molecule has 0 saturated carbocycles. The first-order chi connectivity index (χ1) is 13.5. The molecule has 7 nitrogen and oxygen atoms in total. The van der Waals surface area contributed by atoms with E-state index in [0.717, 1.165) is 23.4 Å². The minimum absolute atomic E-state index is 0.0277. The number of methoxy groups -OCH3 is 1. The molecule has 3 rings (SSSR count). The van der Waals surface area contributed by atoms with Gasteiger partial charge in [0.25, 0.3) is 5.56 Å². The first kappa shape index (κ1) is 19.5. The van der Waals surface area contributed by atoms with E-state index in [1.165, 1.54) is 4.57 Å². The zero-order valence-electron chi connectivity index (χ0n) is 15.4. The van der Waals surface area contributed by atoms with Crippen molar-refractivity contribution < 1.29 is 14.6 Å². The van der Waals surface area contributed by atoms with Crippen molar-refractivity contribution in [1.82, 2.24) is 9.55 Å². The largest absolute Gasteiger partial charge is 0.497 e. The molecule has 2 N–H and O–H groups in total. The van der Waals surface area contributed by atoms with Crippen LogP contribution in [0, 0.1) is 6.92 Å². The van der Waals surface area contributed by atoms with E-state index in [1.54, 1.807) is 31.4 Å². The van der Waals surface area contributed by atoms with Crippen LogP contribution in [0.4, 0.5) is 5.69 Å². The molecule has 28 heavy (non-hydrogen) atoms. The Balaban J connectivity index is 1.79. The standard InChI is InChI=1S/C20H19N3O4S/c1-13-3-5-14(6-4-13)21-18(25)12-28-20-22-17(24)11-19(26)23(20)15-7-9-16(27-2)10-8-15/h3-11,24H,12H2,1-2H3,(H,21,25). The van der Waals surface area contributed by atoms with Crippen LogP contribution in [0.25, 0.3) is 5.69 Å². The summed E-state index contributed by atoms with van der Waals surface area (Å²) < 4.78 is 6.46. The number of nitrogens with one attached hydrogen (secondary N) is 1. The molecule has 0 aliphatic heterocycles. The molecule has 1 aromatic heterocycles. The number of carbonyl (C=O) groups excluding carboxylic acids is 1. The summed E-state index contributed by atoms with van der Waals surface area (Å²) in [6.45, 7) is 1.97. The summed E-state index contributed by atoms with van der Waals surface area (Å²) in [5, 5.41) is 12.7. The van der Waals surface area contributed by atoms with E-state index in [4.69, 9.17) is 4.74 Å². The van der Waals surface area contributed by atoms with Gasteiger partial charge in [0.1, 0.15) is 5.75 Å². The van der Waals surface area contributed by atoms with Gasteiger partial charge in [0, 0.05) is 5.69 Å². The van der Waals surface area contributed by atoms with Gasteiger partial charge in [-0.3, -0.25) is 14.2 Å². The molecule has 8 heteroatoms. The molecule has 0 unspecified atom stereocenters. The molecule has 2 aromatic carbocycles. The van der Waals surface area contributed by atoms with E-state index >= 15 is 0 Å². The van der Waals surface area contributed by atoms with Crippen molar-refractivity contribution in [2.24, 2.45) is 0 Å². The quantitative estimate of drug-likeness (QED) is 0.491. The number of hydrogen-bond donors (Lipinski definition) is 2. The maximum absolute atomic E-state index is 12.4. The van der Waals surface area contributed by atoms with Crippen molar-refractivity contribution in [3.8, 4) is 17.3 Å². The lowest BCUT2D eigenvalue weighted by Crippen LogP contribution is -2.21. The van der Waals surface area contributed by atoms with Crippen LogP contribution in [-0.4, -0.2) is 33.4 Å². The molecule has 1 amide bonds. The van der Waals surface area contributed by atoms with Crippen molar-refractivity contribution in [2.75, 3.05) is 18.2 Å². The number of aryl methyl sites for hydroxylation is 1. The van der Waals surface area contributed by atoms with Gasteiger partial charge in [-0.05, 0) is 43.3 Å². The summed E-state index contributed by atoms with van der Waals surface area (Å²) in [5.41, 5.74) is 1.89. The fourth-order valence-corrected chi connectivity index (χ4v) is 3.29. The number of amides is 1. The lowest BCUT2D eigenvalue weighted by Gasteiger charge is -2.12. The summed E-state index contributed by atoms with van der Waals surface area (Å²) in [5.74, 6) is 0.0408. The summed E-state index contributed by atoms with van der Waals surface area (Å²) >= 11 is 1.06. The molecule has 0 spiro atoms. The summed E-state index contributed by atoms with van der Waals surface area (Å²) in [7, 11) is 1.55. The van der Waals surface area contributed by atoms with Crippen LogP contribution in [0.1, 0.15) is 5.56 Å². The van der Waals surface area contributed by atoms with Crippen LogP contribution < -0.4 is 15.6 Å². The van der Waals surface area contributed by atoms with Crippen LogP contribution in [0.5, 0.6) is 11.6 Å². The maximum Gasteiger partial charge on any atom is 0.262 e. The highest BCUT2D eigenvalue weighted by atomic mass is 32.2. The van der Waals surface area contributed by atoms with E-state index in [0.29, 0.717) is 17.1 Å². The van der Waals surface area contributed by atoms with E-state index in [-0.39, 0.29) is 16.8 Å². The Hall–Kier alpha value is -3.26. The molecule has 3 aromatic rings. The molecule has 0 bridgehead atoms. The lowest BCUT2D eigenvalue weighted by molar-refractivity contribution is -0.113. The van der Waals surface area contributed by atoms with E-state index < -0.39 is 11.4 Å². The summed E-state index contributed by atoms with van der Waals surface area (Å²) in [4.78, 5) is 28.7. The van der Waals surface area contributed by atoms with Gasteiger partial charge in [-0.25, -0.2) is 0 Å². The van der Waals surface area contributed by atoms with Gasteiger partial charge in [-0.1, -0.05) is 29.5 Å². The van der Waals surface area contributed by atoms with Gasteiger partial charge in [-0.15, -0.1) is 0 Å². The molecule has 0 radical (unpaired) electrons. The second-order valence-corrected chi connectivity index (χ2v) is 6.91. The van der Waals surface area contributed by atoms with Crippen LogP contribution in [0.2, 0.25) is 0 Å². The summed E-state index contributed by atoms with van der Waals surface area (Å²) in [6, 6.07) is 15.3. The average Bonchev–Trinajstić information content (AvgIpc) is 2.68. The number of aromatic nitrogens is 2. The Kier molecular flexibility index (Phi) is 6.00. The predicted molar refractivity (Wildman–Crippen MR) is 109 cm³/mol.